The molecule has 0 N–H and O–H groups in total. The van der Waals surface area contributed by atoms with Gasteiger partial charge in [0.15, 0.2) is 0 Å². The van der Waals surface area contributed by atoms with Gasteiger partial charge in [-0.05, 0) is 70.3 Å². The van der Waals surface area contributed by atoms with Crippen LogP contribution >= 0.6 is 0 Å². The van der Waals surface area contributed by atoms with Crippen molar-refractivity contribution in [3.05, 3.63) is 22.3 Å². The van der Waals surface area contributed by atoms with Crippen molar-refractivity contribution >= 4 is 5.97 Å². The van der Waals surface area contributed by atoms with Gasteiger partial charge in [-0.15, -0.1) is 0 Å². The van der Waals surface area contributed by atoms with E-state index >= 15 is 0 Å². The number of esters is 1. The van der Waals surface area contributed by atoms with Crippen molar-refractivity contribution in [3.63, 3.8) is 0 Å². The molecular weight excluding hydrogens is 534 g/mol. The Labute approximate surface area is 235 Å². The van der Waals surface area contributed by atoms with Crippen LogP contribution in [0.2, 0.25) is 0 Å². The van der Waals surface area contributed by atoms with Gasteiger partial charge in [0.1, 0.15) is 22.7 Å². The van der Waals surface area contributed by atoms with Gasteiger partial charge >= 0.3 is 18.3 Å². The Kier molecular flexibility index (Phi) is 11.8. The lowest BCUT2D eigenvalue weighted by molar-refractivity contribution is -0.171. The van der Waals surface area contributed by atoms with E-state index in [1.165, 1.54) is 20.8 Å². The topological polar surface area (TPSA) is 35.5 Å². The highest BCUT2D eigenvalue weighted by atomic mass is 19.4. The number of alkyl halides is 6. The third-order valence-corrected chi connectivity index (χ3v) is 8.48. The Morgan fingerprint density at radius 2 is 1.43 bits per heavy atom. The van der Waals surface area contributed by atoms with E-state index in [9.17, 15) is 31.1 Å². The molecule has 0 aliphatic carbocycles. The van der Waals surface area contributed by atoms with Gasteiger partial charge in [-0.2, -0.15) is 26.3 Å². The zero-order valence-corrected chi connectivity index (χ0v) is 25.0. The van der Waals surface area contributed by atoms with Gasteiger partial charge in [0.05, 0.1) is 5.92 Å². The van der Waals surface area contributed by atoms with Crippen LogP contribution in [-0.4, -0.2) is 17.7 Å². The van der Waals surface area contributed by atoms with Crippen molar-refractivity contribution in [2.45, 2.75) is 137 Å². The van der Waals surface area contributed by atoms with Gasteiger partial charge in [0, 0.05) is 18.1 Å². The molecule has 0 saturated carbocycles. The number of ether oxygens (including phenoxy) is 2. The minimum absolute atomic E-state index is 0.0372. The Balaban J connectivity index is 1.90. The van der Waals surface area contributed by atoms with E-state index in [2.05, 4.69) is 13.8 Å². The number of rotatable bonds is 13. The van der Waals surface area contributed by atoms with Crippen LogP contribution in [0.5, 0.6) is 11.5 Å². The molecule has 230 valence electrons. The van der Waals surface area contributed by atoms with Crippen molar-refractivity contribution in [2.24, 2.45) is 17.8 Å². The maximum Gasteiger partial charge on any atom is 0.420 e. The number of hydrogen-bond donors (Lipinski definition) is 0. The number of benzene rings is 1. The van der Waals surface area contributed by atoms with Crippen LogP contribution in [0.25, 0.3) is 0 Å². The fraction of sp³-hybridized carbons (Fsp3) is 0.774. The molecule has 1 heterocycles. The molecule has 0 aromatic heterocycles. The fourth-order valence-electron chi connectivity index (χ4n) is 5.80. The average molecular weight is 581 g/mol. The molecule has 0 radical (unpaired) electrons. The molecule has 0 saturated heterocycles. The first-order valence-electron chi connectivity index (χ1n) is 14.5. The van der Waals surface area contributed by atoms with Gasteiger partial charge in [0.25, 0.3) is 0 Å². The second-order valence-electron chi connectivity index (χ2n) is 12.3. The zero-order valence-electron chi connectivity index (χ0n) is 25.0. The van der Waals surface area contributed by atoms with Crippen molar-refractivity contribution in [1.29, 1.82) is 0 Å². The minimum atomic E-state index is -4.66. The average Bonchev–Trinajstić information content (AvgIpc) is 2.80. The number of halogens is 6. The molecule has 1 aliphatic rings. The van der Waals surface area contributed by atoms with Crippen molar-refractivity contribution in [2.75, 3.05) is 0 Å². The molecule has 0 fully saturated rings. The third-order valence-electron chi connectivity index (χ3n) is 8.48. The number of fused-ring (bicyclic) bond motifs is 1. The number of carbonyl (C=O) groups is 1. The first kappa shape index (κ1) is 34.3. The van der Waals surface area contributed by atoms with E-state index in [1.54, 1.807) is 6.92 Å². The first-order valence-corrected chi connectivity index (χ1v) is 14.5. The van der Waals surface area contributed by atoms with Crippen LogP contribution in [0.4, 0.5) is 26.3 Å². The summed E-state index contributed by atoms with van der Waals surface area (Å²) in [6, 6.07) is 0. The molecule has 4 atom stereocenters. The van der Waals surface area contributed by atoms with Crippen LogP contribution in [0.1, 0.15) is 121 Å². The zero-order chi connectivity index (χ0) is 30.5. The van der Waals surface area contributed by atoms with Crippen LogP contribution in [-0.2, 0) is 17.4 Å². The molecule has 0 amide bonds. The summed E-state index contributed by atoms with van der Waals surface area (Å²) in [7, 11) is 0. The Hall–Kier alpha value is -1.93. The van der Waals surface area contributed by atoms with Crippen LogP contribution in [0, 0.1) is 31.6 Å². The third kappa shape index (κ3) is 9.57. The standard InChI is InChI=1S/C31H46F6O3/c1-19(13-9-15-21(3)30(32,33)34)11-8-12-20(2)14-10-17-29(7)18-16-25-22(4)27(39-24(6)38)23(5)26(28(25)40-29)31(35,36)37/h19-21H,8-18H2,1-7H3. The van der Waals surface area contributed by atoms with E-state index in [-0.39, 0.29) is 23.5 Å². The Bertz CT molecular complexity index is 1000. The number of hydrogen-bond acceptors (Lipinski definition) is 3. The summed E-state index contributed by atoms with van der Waals surface area (Å²) in [5.74, 6) is -1.27. The van der Waals surface area contributed by atoms with Crippen LogP contribution < -0.4 is 9.47 Å². The summed E-state index contributed by atoms with van der Waals surface area (Å²) in [5, 5.41) is 0. The molecule has 1 aliphatic heterocycles. The Morgan fingerprint density at radius 3 is 1.93 bits per heavy atom. The van der Waals surface area contributed by atoms with Gasteiger partial charge < -0.3 is 9.47 Å². The predicted octanol–water partition coefficient (Wildman–Crippen LogP) is 10.3. The highest BCUT2D eigenvalue weighted by molar-refractivity contribution is 5.72. The normalized spacial score (nSPS) is 19.9. The second-order valence-corrected chi connectivity index (χ2v) is 12.3. The molecule has 9 heteroatoms. The predicted molar refractivity (Wildman–Crippen MR) is 145 cm³/mol. The quantitative estimate of drug-likeness (QED) is 0.132. The second kappa shape index (κ2) is 13.8. The van der Waals surface area contributed by atoms with Gasteiger partial charge in [-0.3, -0.25) is 4.79 Å². The summed E-state index contributed by atoms with van der Waals surface area (Å²) in [6.07, 6.45) is -0.852. The highest BCUT2D eigenvalue weighted by Crippen LogP contribution is 2.50. The largest absolute Gasteiger partial charge is 0.487 e. The van der Waals surface area contributed by atoms with E-state index in [0.717, 1.165) is 38.5 Å². The molecule has 0 spiro atoms. The lowest BCUT2D eigenvalue weighted by Crippen LogP contribution is -2.38. The summed E-state index contributed by atoms with van der Waals surface area (Å²) in [5.41, 5.74) is -0.777. The molecule has 40 heavy (non-hydrogen) atoms. The maximum absolute atomic E-state index is 14.2. The summed E-state index contributed by atoms with van der Waals surface area (Å²) < 4.78 is 91.7. The Morgan fingerprint density at radius 1 is 0.900 bits per heavy atom. The highest BCUT2D eigenvalue weighted by Gasteiger charge is 2.44. The summed E-state index contributed by atoms with van der Waals surface area (Å²) >= 11 is 0. The van der Waals surface area contributed by atoms with E-state index in [0.29, 0.717) is 48.6 Å². The molecule has 3 nitrogen and oxygen atoms in total. The molecular formula is C31H46F6O3. The summed E-state index contributed by atoms with van der Waals surface area (Å²) in [6.45, 7) is 11.5. The summed E-state index contributed by atoms with van der Waals surface area (Å²) in [4.78, 5) is 11.5. The van der Waals surface area contributed by atoms with Crippen molar-refractivity contribution in [1.82, 2.24) is 0 Å². The lowest BCUT2D eigenvalue weighted by atomic mass is 9.83. The molecule has 4 unspecified atom stereocenters. The molecule has 0 bridgehead atoms. The van der Waals surface area contributed by atoms with E-state index in [1.807, 2.05) is 6.92 Å². The monoisotopic (exact) mass is 580 g/mol. The van der Waals surface area contributed by atoms with Crippen LogP contribution in [0.3, 0.4) is 0 Å². The smallest absolute Gasteiger partial charge is 0.420 e. The van der Waals surface area contributed by atoms with Gasteiger partial charge in [-0.1, -0.05) is 59.3 Å². The van der Waals surface area contributed by atoms with Crippen LogP contribution in [0.15, 0.2) is 0 Å². The molecule has 2 rings (SSSR count). The minimum Gasteiger partial charge on any atom is -0.487 e. The SMILES string of the molecule is CC(=O)Oc1c(C)c2c(c(C(F)(F)F)c1C)OC(C)(CCCC(C)CCCC(C)CCCC(C)C(F)(F)F)CC2. The first-order chi connectivity index (χ1) is 18.4. The van der Waals surface area contributed by atoms with Gasteiger partial charge in [0.2, 0.25) is 0 Å². The lowest BCUT2D eigenvalue weighted by Gasteiger charge is -2.39. The molecule has 1 aromatic rings. The van der Waals surface area contributed by atoms with E-state index < -0.39 is 35.4 Å². The molecule has 1 aromatic carbocycles. The van der Waals surface area contributed by atoms with Crippen molar-refractivity contribution < 1.29 is 40.6 Å². The fourth-order valence-corrected chi connectivity index (χ4v) is 5.80. The number of carbonyl (C=O) groups excluding carboxylic acids is 1. The maximum atomic E-state index is 14.2. The van der Waals surface area contributed by atoms with E-state index in [4.69, 9.17) is 9.47 Å². The van der Waals surface area contributed by atoms with Gasteiger partial charge in [-0.25, -0.2) is 0 Å². The van der Waals surface area contributed by atoms with Crippen molar-refractivity contribution in [3.8, 4) is 11.5 Å².